The van der Waals surface area contributed by atoms with Crippen LogP contribution in [-0.2, 0) is 92.8 Å². The molecule has 508 valence electrons. The molecule has 0 fully saturated rings. The standard InChI is InChI=1S/2C35H47N5O7/c1-25(2)31(41)24-46-20-19-45-18-16-40-35-28-10-6-5-9-27(28)23-39(30-12-8-7-11-29(30)34(35)37-38-40)33(43)14-13-32(42)36-15-17-44-21-22-47-26(3)4;1-25(2)31(41)24-46-20-19-45-18-16-40-35-29-11-7-8-12-30(29)39(23-27-9-5-6-10-28(27)34(35)37-38-40)33(43)14-13-32(42)36-15-17-44-21-22-47-26(3)4/h2*5-12,25-26H,13-24H2,1-4H3,(H,36,42). The van der Waals surface area contributed by atoms with Gasteiger partial charge in [0.25, 0.3) is 0 Å². The molecule has 4 heterocycles. The van der Waals surface area contributed by atoms with Gasteiger partial charge in [0, 0.05) is 72.9 Å². The van der Waals surface area contributed by atoms with E-state index in [1.165, 1.54) is 0 Å². The molecule has 2 aliphatic rings. The summed E-state index contributed by atoms with van der Waals surface area (Å²) in [6.07, 6.45) is 0.531. The van der Waals surface area contributed by atoms with Crippen molar-refractivity contribution < 1.29 is 66.7 Å². The molecule has 0 aliphatic carbocycles. The summed E-state index contributed by atoms with van der Waals surface area (Å²) >= 11 is 0. The maximum atomic E-state index is 13.8. The van der Waals surface area contributed by atoms with E-state index in [2.05, 4.69) is 31.3 Å². The highest BCUT2D eigenvalue weighted by molar-refractivity contribution is 6.02. The van der Waals surface area contributed by atoms with E-state index < -0.39 is 0 Å². The molecule has 0 radical (unpaired) electrons. The van der Waals surface area contributed by atoms with Crippen LogP contribution in [0.25, 0.3) is 45.0 Å². The molecule has 24 heteroatoms. The number of hydrogen-bond acceptors (Lipinski definition) is 18. The first-order valence-corrected chi connectivity index (χ1v) is 32.6. The summed E-state index contributed by atoms with van der Waals surface area (Å²) in [5.74, 6) is -0.715. The largest absolute Gasteiger partial charge is 0.377 e. The molecular weight excluding hydrogens is 1200 g/mol. The lowest BCUT2D eigenvalue weighted by molar-refractivity contribution is -0.127. The first-order chi connectivity index (χ1) is 45.5. The number of anilines is 2. The Morgan fingerprint density at radius 1 is 0.415 bits per heavy atom. The number of fused-ring (bicyclic) bond motifs is 10. The van der Waals surface area contributed by atoms with Crippen LogP contribution in [-0.4, -0.2) is 183 Å². The van der Waals surface area contributed by atoms with Crippen LogP contribution in [0.5, 0.6) is 0 Å². The van der Waals surface area contributed by atoms with Gasteiger partial charge in [-0.1, -0.05) is 123 Å². The Morgan fingerprint density at radius 3 is 1.27 bits per heavy atom. The van der Waals surface area contributed by atoms with E-state index in [0.29, 0.717) is 130 Å². The van der Waals surface area contributed by atoms with Gasteiger partial charge in [0.15, 0.2) is 11.6 Å². The van der Waals surface area contributed by atoms with Crippen molar-refractivity contribution in [1.82, 2.24) is 40.6 Å². The molecule has 0 spiro atoms. The highest BCUT2D eigenvalue weighted by Crippen LogP contribution is 2.43. The van der Waals surface area contributed by atoms with Crippen LogP contribution in [0.2, 0.25) is 0 Å². The molecule has 0 unspecified atom stereocenters. The van der Waals surface area contributed by atoms with Crippen molar-refractivity contribution in [3.05, 3.63) is 108 Å². The summed E-state index contributed by atoms with van der Waals surface area (Å²) < 4.78 is 47.9. The molecule has 94 heavy (non-hydrogen) atoms. The fourth-order valence-electron chi connectivity index (χ4n) is 10.1. The average molecular weight is 1300 g/mol. The lowest BCUT2D eigenvalue weighted by Gasteiger charge is -2.28. The number of carbonyl (C=O) groups is 6. The van der Waals surface area contributed by atoms with Gasteiger partial charge in [-0.25, -0.2) is 9.36 Å². The molecule has 2 aliphatic heterocycles. The Kier molecular flexibility index (Phi) is 30.5. The molecule has 8 rings (SSSR count). The molecule has 0 saturated carbocycles. The van der Waals surface area contributed by atoms with Crippen molar-refractivity contribution in [3.63, 3.8) is 0 Å². The van der Waals surface area contributed by atoms with Crippen molar-refractivity contribution in [3.8, 4) is 45.0 Å². The van der Waals surface area contributed by atoms with Gasteiger partial charge in [-0.2, -0.15) is 0 Å². The Labute approximate surface area is 551 Å². The molecule has 24 nitrogen and oxygen atoms in total. The Balaban J connectivity index is 0.000000266. The number of nitrogens with zero attached hydrogens (tertiary/aromatic N) is 8. The van der Waals surface area contributed by atoms with Gasteiger partial charge >= 0.3 is 0 Å². The molecule has 2 N–H and O–H groups in total. The van der Waals surface area contributed by atoms with Crippen LogP contribution < -0.4 is 20.4 Å². The van der Waals surface area contributed by atoms with Gasteiger partial charge in [-0.05, 0) is 51.0 Å². The fraction of sp³-hybridized carbons (Fsp3) is 0.514. The SMILES string of the molecule is CC(C)OCCOCCNC(=O)CCC(=O)N1Cc2ccccc2-c2c(nnn2CCOCCOCC(=O)C(C)C)-c2ccccc21.CC(C)OCCOCCNC(=O)CCC(=O)N1Cc2ccccc2-c2nnn(CCOCCOCC(=O)C(C)C)c2-c2ccccc21. The van der Waals surface area contributed by atoms with Crippen molar-refractivity contribution >= 4 is 46.6 Å². The Bertz CT molecular complexity index is 3380. The number of benzene rings is 4. The Hall–Kier alpha value is -7.94. The molecular formula is C70H94N10O14. The third-order valence-electron chi connectivity index (χ3n) is 15.2. The molecule has 4 amide bonds. The van der Waals surface area contributed by atoms with Gasteiger partial charge in [-0.3, -0.25) is 28.8 Å². The second-order valence-electron chi connectivity index (χ2n) is 23.7. The average Bonchev–Trinajstić information content (AvgIpc) is 1.47. The highest BCUT2D eigenvalue weighted by Gasteiger charge is 2.31. The van der Waals surface area contributed by atoms with Gasteiger partial charge in [0.2, 0.25) is 23.6 Å². The van der Waals surface area contributed by atoms with Crippen molar-refractivity contribution in [2.45, 2.75) is 119 Å². The number of carbonyl (C=O) groups excluding carboxylic acids is 6. The van der Waals surface area contributed by atoms with E-state index in [0.717, 1.165) is 56.1 Å². The number of ether oxygens (including phenoxy) is 8. The lowest BCUT2D eigenvalue weighted by Crippen LogP contribution is -2.34. The summed E-state index contributed by atoms with van der Waals surface area (Å²) in [6.45, 7) is 22.5. The third kappa shape index (κ3) is 22.6. The summed E-state index contributed by atoms with van der Waals surface area (Å²) in [6, 6.07) is 31.1. The zero-order valence-electron chi connectivity index (χ0n) is 55.8. The van der Waals surface area contributed by atoms with Gasteiger partial charge < -0.3 is 58.3 Å². The topological polar surface area (TPSA) is 268 Å². The zero-order chi connectivity index (χ0) is 67.2. The monoisotopic (exact) mass is 1300 g/mol. The van der Waals surface area contributed by atoms with Crippen molar-refractivity contribution in [2.75, 3.05) is 115 Å². The second-order valence-corrected chi connectivity index (χ2v) is 23.7. The van der Waals surface area contributed by atoms with Gasteiger partial charge in [0.05, 0.1) is 140 Å². The molecule has 2 aromatic heterocycles. The number of nitrogens with one attached hydrogen (secondary N) is 2. The quantitative estimate of drug-likeness (QED) is 0.0346. The van der Waals surface area contributed by atoms with E-state index >= 15 is 0 Å². The molecule has 6 aromatic rings. The van der Waals surface area contributed by atoms with E-state index in [1.807, 2.05) is 157 Å². The number of hydrogen-bond donors (Lipinski definition) is 2. The number of aromatic nitrogens is 6. The molecule has 0 bridgehead atoms. The minimum Gasteiger partial charge on any atom is -0.377 e. The summed E-state index contributed by atoms with van der Waals surface area (Å²) in [7, 11) is 0. The minimum absolute atomic E-state index is 0.0501. The maximum absolute atomic E-state index is 13.8. The molecule has 4 aromatic carbocycles. The lowest BCUT2D eigenvalue weighted by atomic mass is 9.95. The van der Waals surface area contributed by atoms with Gasteiger partial charge in [-0.15, -0.1) is 10.2 Å². The number of amides is 4. The van der Waals surface area contributed by atoms with E-state index in [9.17, 15) is 28.8 Å². The smallest absolute Gasteiger partial charge is 0.227 e. The fourth-order valence-corrected chi connectivity index (χ4v) is 10.1. The Morgan fingerprint density at radius 2 is 0.787 bits per heavy atom. The van der Waals surface area contributed by atoms with Crippen molar-refractivity contribution in [1.29, 1.82) is 0 Å². The predicted octanol–water partition coefficient (Wildman–Crippen LogP) is 8.11. The van der Waals surface area contributed by atoms with Gasteiger partial charge in [0.1, 0.15) is 24.6 Å². The minimum atomic E-state index is -0.206. The van der Waals surface area contributed by atoms with Crippen LogP contribution in [0.1, 0.15) is 92.2 Å². The maximum Gasteiger partial charge on any atom is 0.227 e. The third-order valence-corrected chi connectivity index (χ3v) is 15.2. The number of rotatable bonds is 38. The summed E-state index contributed by atoms with van der Waals surface area (Å²) in [4.78, 5) is 79.5. The van der Waals surface area contributed by atoms with Crippen LogP contribution >= 0.6 is 0 Å². The highest BCUT2D eigenvalue weighted by atomic mass is 16.5. The van der Waals surface area contributed by atoms with Crippen LogP contribution in [0.15, 0.2) is 97.1 Å². The first-order valence-electron chi connectivity index (χ1n) is 32.6. The normalized spacial score (nSPS) is 12.3. The summed E-state index contributed by atoms with van der Waals surface area (Å²) in [5.41, 5.74) is 9.73. The number of Topliss-reactive ketones (excluding diaryl/α,β-unsaturated/α-hetero) is 2. The van der Waals surface area contributed by atoms with E-state index in [-0.39, 0.29) is 98.1 Å². The van der Waals surface area contributed by atoms with E-state index in [1.54, 1.807) is 14.5 Å². The van der Waals surface area contributed by atoms with E-state index in [4.69, 9.17) is 37.9 Å². The number of para-hydroxylation sites is 2. The predicted molar refractivity (Wildman–Crippen MR) is 355 cm³/mol. The molecule has 0 saturated heterocycles. The van der Waals surface area contributed by atoms with Crippen LogP contribution in [0.3, 0.4) is 0 Å². The first kappa shape index (κ1) is 73.5. The van der Waals surface area contributed by atoms with Crippen LogP contribution in [0.4, 0.5) is 11.4 Å². The zero-order valence-corrected chi connectivity index (χ0v) is 55.8. The molecule has 0 atom stereocenters. The van der Waals surface area contributed by atoms with Crippen LogP contribution in [0, 0.1) is 11.8 Å². The summed E-state index contributed by atoms with van der Waals surface area (Å²) in [5, 5.41) is 23.8. The van der Waals surface area contributed by atoms with Crippen molar-refractivity contribution in [2.24, 2.45) is 11.8 Å². The second kappa shape index (κ2) is 39.1. The number of ketones is 2.